The van der Waals surface area contributed by atoms with Gasteiger partial charge in [-0.05, 0) is 40.0 Å². The zero-order valence-corrected chi connectivity index (χ0v) is 12.8. The third kappa shape index (κ3) is 4.65. The van der Waals surface area contributed by atoms with E-state index in [2.05, 4.69) is 9.97 Å². The predicted octanol–water partition coefficient (Wildman–Crippen LogP) is 2.71. The molecule has 0 amide bonds. The van der Waals surface area contributed by atoms with E-state index in [0.29, 0.717) is 12.2 Å². The molecule has 1 aliphatic rings. The van der Waals surface area contributed by atoms with Crippen molar-refractivity contribution >= 4 is 11.8 Å². The van der Waals surface area contributed by atoms with E-state index < -0.39 is 11.5 Å². The Morgan fingerprint density at radius 3 is 2.86 bits per heavy atom. The lowest BCUT2D eigenvalue weighted by Gasteiger charge is -2.36. The Morgan fingerprint density at radius 1 is 1.43 bits per heavy atom. The lowest BCUT2D eigenvalue weighted by atomic mass is 9.99. The van der Waals surface area contributed by atoms with Gasteiger partial charge in [0.15, 0.2) is 0 Å². The summed E-state index contributed by atoms with van der Waals surface area (Å²) in [5, 5.41) is 0. The number of carbonyl (C=O) groups is 1. The van der Waals surface area contributed by atoms with Crippen LogP contribution in [0.25, 0.3) is 0 Å². The molecule has 1 fully saturated rings. The average molecular weight is 295 g/mol. The first-order valence-corrected chi connectivity index (χ1v) is 7.31. The number of hydrogen-bond acceptors (Lipinski definition) is 5. The van der Waals surface area contributed by atoms with Gasteiger partial charge in [0, 0.05) is 18.7 Å². The number of aromatic nitrogens is 2. The van der Waals surface area contributed by atoms with Gasteiger partial charge < -0.3 is 9.64 Å². The molecule has 0 spiro atoms. The van der Waals surface area contributed by atoms with Crippen LogP contribution in [0.4, 0.5) is 10.2 Å². The second-order valence-corrected chi connectivity index (χ2v) is 6.33. The summed E-state index contributed by atoms with van der Waals surface area (Å²) in [4.78, 5) is 21.6. The summed E-state index contributed by atoms with van der Waals surface area (Å²) in [6.07, 6.45) is 4.45. The van der Waals surface area contributed by atoms with E-state index in [1.54, 1.807) is 0 Å². The van der Waals surface area contributed by atoms with Crippen LogP contribution in [-0.4, -0.2) is 34.1 Å². The molecule has 0 aliphatic carbocycles. The molecule has 5 nitrogen and oxygen atoms in total. The second-order valence-electron chi connectivity index (χ2n) is 6.33. The first-order chi connectivity index (χ1) is 9.85. The average Bonchev–Trinajstić information content (AvgIpc) is 2.37. The Balaban J connectivity index is 2.07. The monoisotopic (exact) mass is 295 g/mol. The summed E-state index contributed by atoms with van der Waals surface area (Å²) in [7, 11) is 0. The lowest BCUT2D eigenvalue weighted by Crippen LogP contribution is -2.42. The second kappa shape index (κ2) is 6.37. The Labute approximate surface area is 124 Å². The normalized spacial score (nSPS) is 19.4. The number of ether oxygens (including phenoxy) is 1. The molecule has 2 heterocycles. The summed E-state index contributed by atoms with van der Waals surface area (Å²) in [5.74, 6) is -0.244. The fraction of sp³-hybridized carbons (Fsp3) is 0.667. The van der Waals surface area contributed by atoms with Crippen molar-refractivity contribution in [3.63, 3.8) is 0 Å². The SMILES string of the molecule is CC(C)(C)OC(=O)C[C@H]1CCCCN1c1cc(F)ncn1. The van der Waals surface area contributed by atoms with E-state index in [1.165, 1.54) is 12.4 Å². The van der Waals surface area contributed by atoms with Gasteiger partial charge in [-0.1, -0.05) is 0 Å². The first-order valence-electron chi connectivity index (χ1n) is 7.31. The van der Waals surface area contributed by atoms with Crippen LogP contribution in [0, 0.1) is 5.95 Å². The maximum Gasteiger partial charge on any atom is 0.308 e. The number of rotatable bonds is 3. The molecule has 0 radical (unpaired) electrons. The van der Waals surface area contributed by atoms with Crippen molar-refractivity contribution in [2.45, 2.75) is 58.1 Å². The number of carbonyl (C=O) groups excluding carboxylic acids is 1. The molecule has 1 saturated heterocycles. The van der Waals surface area contributed by atoms with E-state index in [0.717, 1.165) is 25.8 Å². The summed E-state index contributed by atoms with van der Waals surface area (Å²) < 4.78 is 18.6. The van der Waals surface area contributed by atoms with Crippen LogP contribution in [0.1, 0.15) is 46.5 Å². The smallest absolute Gasteiger partial charge is 0.308 e. The van der Waals surface area contributed by atoms with Crippen molar-refractivity contribution in [2.75, 3.05) is 11.4 Å². The van der Waals surface area contributed by atoms with Gasteiger partial charge in [-0.15, -0.1) is 0 Å². The minimum atomic E-state index is -0.554. The molecule has 1 aromatic heterocycles. The molecular weight excluding hydrogens is 273 g/mol. The number of hydrogen-bond donors (Lipinski definition) is 0. The molecule has 1 aliphatic heterocycles. The van der Waals surface area contributed by atoms with Crippen molar-refractivity contribution in [1.82, 2.24) is 9.97 Å². The molecule has 0 unspecified atom stereocenters. The summed E-state index contributed by atoms with van der Waals surface area (Å²) in [6, 6.07) is 1.32. The number of halogens is 1. The summed E-state index contributed by atoms with van der Waals surface area (Å²) in [5.41, 5.74) is -0.488. The third-order valence-electron chi connectivity index (χ3n) is 3.36. The van der Waals surface area contributed by atoms with E-state index in [4.69, 9.17) is 4.74 Å². The molecule has 1 aromatic rings. The van der Waals surface area contributed by atoms with Gasteiger partial charge in [0.2, 0.25) is 5.95 Å². The van der Waals surface area contributed by atoms with Crippen LogP contribution in [0.15, 0.2) is 12.4 Å². The molecule has 0 bridgehead atoms. The highest BCUT2D eigenvalue weighted by molar-refractivity contribution is 5.71. The topological polar surface area (TPSA) is 55.3 Å². The number of nitrogens with zero attached hydrogens (tertiary/aromatic N) is 3. The van der Waals surface area contributed by atoms with Gasteiger partial charge in [0.1, 0.15) is 17.7 Å². The quantitative estimate of drug-likeness (QED) is 0.634. The molecule has 0 saturated carbocycles. The minimum absolute atomic E-state index is 0.00269. The van der Waals surface area contributed by atoms with Gasteiger partial charge in [-0.25, -0.2) is 9.97 Å². The van der Waals surface area contributed by atoms with Gasteiger partial charge >= 0.3 is 5.97 Å². The fourth-order valence-electron chi connectivity index (χ4n) is 2.57. The maximum atomic E-state index is 13.3. The zero-order valence-electron chi connectivity index (χ0n) is 12.8. The lowest BCUT2D eigenvalue weighted by molar-refractivity contribution is -0.155. The maximum absolute atomic E-state index is 13.3. The van der Waals surface area contributed by atoms with Crippen molar-refractivity contribution in [3.05, 3.63) is 18.3 Å². The highest BCUT2D eigenvalue weighted by Crippen LogP contribution is 2.26. The van der Waals surface area contributed by atoms with Gasteiger partial charge in [0.05, 0.1) is 6.42 Å². The fourth-order valence-corrected chi connectivity index (χ4v) is 2.57. The Morgan fingerprint density at radius 2 is 2.19 bits per heavy atom. The third-order valence-corrected chi connectivity index (χ3v) is 3.36. The van der Waals surface area contributed by atoms with Crippen molar-refractivity contribution in [3.8, 4) is 0 Å². The van der Waals surface area contributed by atoms with Crippen LogP contribution >= 0.6 is 0 Å². The van der Waals surface area contributed by atoms with Crippen molar-refractivity contribution < 1.29 is 13.9 Å². The predicted molar refractivity (Wildman–Crippen MR) is 77.4 cm³/mol. The van der Waals surface area contributed by atoms with Gasteiger partial charge in [-0.2, -0.15) is 4.39 Å². The number of anilines is 1. The van der Waals surface area contributed by atoms with Crippen LogP contribution in [-0.2, 0) is 9.53 Å². The Bertz CT molecular complexity index is 502. The largest absolute Gasteiger partial charge is 0.460 e. The molecule has 116 valence electrons. The van der Waals surface area contributed by atoms with Crippen LogP contribution in [0.5, 0.6) is 0 Å². The standard InChI is InChI=1S/C15H22FN3O2/c1-15(2,3)21-14(20)8-11-6-4-5-7-19(11)13-9-12(16)17-10-18-13/h9-11H,4-8H2,1-3H3/t11-/m1/s1. The summed E-state index contributed by atoms with van der Waals surface area (Å²) in [6.45, 7) is 6.32. The molecule has 1 atom stereocenters. The van der Waals surface area contributed by atoms with Crippen molar-refractivity contribution in [1.29, 1.82) is 0 Å². The molecule has 2 rings (SSSR count). The number of piperidine rings is 1. The van der Waals surface area contributed by atoms with Gasteiger partial charge in [-0.3, -0.25) is 4.79 Å². The molecule has 21 heavy (non-hydrogen) atoms. The molecule has 0 aromatic carbocycles. The highest BCUT2D eigenvalue weighted by Gasteiger charge is 2.28. The molecule has 0 N–H and O–H groups in total. The van der Waals surface area contributed by atoms with E-state index in [-0.39, 0.29) is 12.0 Å². The first kappa shape index (κ1) is 15.7. The molecule has 6 heteroatoms. The summed E-state index contributed by atoms with van der Waals surface area (Å²) >= 11 is 0. The van der Waals surface area contributed by atoms with E-state index in [1.807, 2.05) is 25.7 Å². The Hall–Kier alpha value is -1.72. The van der Waals surface area contributed by atoms with E-state index >= 15 is 0 Å². The van der Waals surface area contributed by atoms with E-state index in [9.17, 15) is 9.18 Å². The minimum Gasteiger partial charge on any atom is -0.460 e. The van der Waals surface area contributed by atoms with Crippen LogP contribution < -0.4 is 4.90 Å². The zero-order chi connectivity index (χ0) is 15.5. The molecular formula is C15H22FN3O2. The van der Waals surface area contributed by atoms with Crippen LogP contribution in [0.3, 0.4) is 0 Å². The highest BCUT2D eigenvalue weighted by atomic mass is 19.1. The number of esters is 1. The Kier molecular flexibility index (Phi) is 4.75. The van der Waals surface area contributed by atoms with Crippen LogP contribution in [0.2, 0.25) is 0 Å². The van der Waals surface area contributed by atoms with Crippen molar-refractivity contribution in [2.24, 2.45) is 0 Å². The van der Waals surface area contributed by atoms with Gasteiger partial charge in [0.25, 0.3) is 0 Å².